The van der Waals surface area contributed by atoms with Crippen molar-refractivity contribution in [3.8, 4) is 0 Å². The van der Waals surface area contributed by atoms with Gasteiger partial charge in [-0.15, -0.1) is 0 Å². The minimum Gasteiger partial charge on any atom is -0.467 e. The fourth-order valence-corrected chi connectivity index (χ4v) is 2.05. The van der Waals surface area contributed by atoms with Gasteiger partial charge in [-0.25, -0.2) is 14.8 Å². The van der Waals surface area contributed by atoms with Crippen LogP contribution in [0.1, 0.15) is 23.3 Å². The molecule has 0 radical (unpaired) electrons. The first kappa shape index (κ1) is 14.4. The zero-order chi connectivity index (χ0) is 14.4. The molecule has 2 heterocycles. The van der Waals surface area contributed by atoms with Gasteiger partial charge in [0.1, 0.15) is 18.1 Å². The zero-order valence-electron chi connectivity index (χ0n) is 11.3. The molecule has 108 valence electrons. The molecule has 1 aliphatic heterocycles. The summed E-state index contributed by atoms with van der Waals surface area (Å²) >= 11 is 0. The highest BCUT2D eigenvalue weighted by atomic mass is 16.6. The Hall–Kier alpha value is -2.02. The van der Waals surface area contributed by atoms with Gasteiger partial charge in [0.25, 0.3) is 0 Å². The number of methoxy groups -OCH3 is 1. The summed E-state index contributed by atoms with van der Waals surface area (Å²) in [6.45, 7) is 1.55. The average molecular weight is 279 g/mol. The van der Waals surface area contributed by atoms with Crippen molar-refractivity contribution >= 4 is 18.1 Å². The lowest BCUT2D eigenvalue weighted by molar-refractivity contribution is -0.148. The van der Waals surface area contributed by atoms with E-state index in [0.717, 1.165) is 31.7 Å². The van der Waals surface area contributed by atoms with Crippen LogP contribution in [0.25, 0.3) is 0 Å². The normalized spacial score (nSPS) is 15.9. The highest BCUT2D eigenvalue weighted by Gasteiger charge is 2.21. The van der Waals surface area contributed by atoms with E-state index in [1.165, 1.54) is 13.3 Å². The van der Waals surface area contributed by atoms with Gasteiger partial charge in [0.15, 0.2) is 6.29 Å². The third-order valence-electron chi connectivity index (χ3n) is 3.21. The van der Waals surface area contributed by atoms with Crippen molar-refractivity contribution in [1.82, 2.24) is 9.97 Å². The summed E-state index contributed by atoms with van der Waals surface area (Å²) in [5.74, 6) is 0.393. The number of aromatic nitrogens is 2. The van der Waals surface area contributed by atoms with Crippen LogP contribution >= 0.6 is 0 Å². The van der Waals surface area contributed by atoms with Gasteiger partial charge in [0.05, 0.1) is 25.6 Å². The van der Waals surface area contributed by atoms with E-state index in [0.29, 0.717) is 12.0 Å². The van der Waals surface area contributed by atoms with E-state index in [-0.39, 0.29) is 18.7 Å². The van der Waals surface area contributed by atoms with E-state index in [1.807, 2.05) is 0 Å². The standard InChI is InChI=1S/C13H17N3O4/c1-19-13(18)9-20-11-2-4-16(5-3-11)12-7-14-10(8-17)6-15-12/h6-8,11H,2-5,9H2,1H3. The first-order chi connectivity index (χ1) is 9.72. The summed E-state index contributed by atoms with van der Waals surface area (Å²) in [6.07, 6.45) is 5.42. The second-order valence-electron chi connectivity index (χ2n) is 4.49. The van der Waals surface area contributed by atoms with Crippen molar-refractivity contribution < 1.29 is 19.1 Å². The number of hydrogen-bond donors (Lipinski definition) is 0. The Bertz CT molecular complexity index is 455. The number of carbonyl (C=O) groups excluding carboxylic acids is 2. The molecule has 2 rings (SSSR count). The van der Waals surface area contributed by atoms with Gasteiger partial charge >= 0.3 is 5.97 Å². The Morgan fingerprint density at radius 1 is 1.40 bits per heavy atom. The van der Waals surface area contributed by atoms with Gasteiger partial charge in [-0.1, -0.05) is 0 Å². The van der Waals surface area contributed by atoms with E-state index in [2.05, 4.69) is 19.6 Å². The first-order valence-electron chi connectivity index (χ1n) is 6.43. The second kappa shape index (κ2) is 6.95. The summed E-state index contributed by atoms with van der Waals surface area (Å²) < 4.78 is 10.0. The summed E-state index contributed by atoms with van der Waals surface area (Å²) in [5, 5.41) is 0. The van der Waals surface area contributed by atoms with Gasteiger partial charge in [-0.2, -0.15) is 0 Å². The molecule has 1 aromatic rings. The Balaban J connectivity index is 1.81. The molecule has 0 aliphatic carbocycles. The number of esters is 1. The van der Waals surface area contributed by atoms with Crippen molar-refractivity contribution in [3.63, 3.8) is 0 Å². The molecule has 0 saturated carbocycles. The maximum Gasteiger partial charge on any atom is 0.331 e. The van der Waals surface area contributed by atoms with Crippen LogP contribution in [0.4, 0.5) is 5.82 Å². The predicted octanol–water partition coefficient (Wildman–Crippen LogP) is 0.447. The van der Waals surface area contributed by atoms with Gasteiger partial charge < -0.3 is 14.4 Å². The van der Waals surface area contributed by atoms with E-state index < -0.39 is 0 Å². The summed E-state index contributed by atoms with van der Waals surface area (Å²) in [6, 6.07) is 0. The predicted molar refractivity (Wildman–Crippen MR) is 70.6 cm³/mol. The van der Waals surface area contributed by atoms with Crippen molar-refractivity contribution in [2.75, 3.05) is 31.7 Å². The third kappa shape index (κ3) is 3.74. The molecule has 0 amide bonds. The monoisotopic (exact) mass is 279 g/mol. The minimum absolute atomic E-state index is 0.00496. The molecule has 0 bridgehead atoms. The molecule has 7 heteroatoms. The molecule has 0 spiro atoms. The van der Waals surface area contributed by atoms with Crippen molar-refractivity contribution in [1.29, 1.82) is 0 Å². The van der Waals surface area contributed by atoms with Gasteiger partial charge in [-0.05, 0) is 12.8 Å². The molecular weight excluding hydrogens is 262 g/mol. The molecule has 0 unspecified atom stereocenters. The summed E-state index contributed by atoms with van der Waals surface area (Å²) in [4.78, 5) is 31.8. The van der Waals surface area contributed by atoms with Crippen molar-refractivity contribution in [2.24, 2.45) is 0 Å². The number of anilines is 1. The number of ether oxygens (including phenoxy) is 2. The number of aldehydes is 1. The van der Waals surface area contributed by atoms with E-state index >= 15 is 0 Å². The molecule has 1 aromatic heterocycles. The SMILES string of the molecule is COC(=O)COC1CCN(c2cnc(C=O)cn2)CC1. The van der Waals surface area contributed by atoms with Crippen LogP contribution in [0, 0.1) is 0 Å². The Labute approximate surface area is 116 Å². The minimum atomic E-state index is -0.359. The first-order valence-corrected chi connectivity index (χ1v) is 6.43. The maximum absolute atomic E-state index is 11.0. The van der Waals surface area contributed by atoms with Crippen LogP contribution in [0.15, 0.2) is 12.4 Å². The fraction of sp³-hybridized carbons (Fsp3) is 0.538. The van der Waals surface area contributed by atoms with Crippen LogP contribution in [0.3, 0.4) is 0 Å². The number of rotatable bonds is 5. The van der Waals surface area contributed by atoms with Gasteiger partial charge in [-0.3, -0.25) is 4.79 Å². The average Bonchev–Trinajstić information content (AvgIpc) is 2.53. The number of nitrogens with zero attached hydrogens (tertiary/aromatic N) is 3. The second-order valence-corrected chi connectivity index (χ2v) is 4.49. The van der Waals surface area contributed by atoms with Crippen LogP contribution in [-0.4, -0.2) is 55.1 Å². The van der Waals surface area contributed by atoms with Gasteiger partial charge in [0.2, 0.25) is 0 Å². The molecule has 0 atom stereocenters. The zero-order valence-corrected chi connectivity index (χ0v) is 11.3. The van der Waals surface area contributed by atoms with E-state index in [9.17, 15) is 9.59 Å². The molecule has 0 N–H and O–H groups in total. The quantitative estimate of drug-likeness (QED) is 0.571. The van der Waals surface area contributed by atoms with Crippen molar-refractivity contribution in [2.45, 2.75) is 18.9 Å². The maximum atomic E-state index is 11.0. The number of piperidine rings is 1. The molecule has 7 nitrogen and oxygen atoms in total. The lowest BCUT2D eigenvalue weighted by Crippen LogP contribution is -2.38. The lowest BCUT2D eigenvalue weighted by Gasteiger charge is -2.32. The molecule has 0 aromatic carbocycles. The smallest absolute Gasteiger partial charge is 0.331 e. The molecule has 1 saturated heterocycles. The topological polar surface area (TPSA) is 81.6 Å². The number of carbonyl (C=O) groups is 2. The van der Waals surface area contributed by atoms with Gasteiger partial charge in [0, 0.05) is 13.1 Å². The molecule has 1 fully saturated rings. The van der Waals surface area contributed by atoms with E-state index in [1.54, 1.807) is 6.20 Å². The molecular formula is C13H17N3O4. The largest absolute Gasteiger partial charge is 0.467 e. The van der Waals surface area contributed by atoms with Crippen LogP contribution < -0.4 is 4.90 Å². The van der Waals surface area contributed by atoms with Crippen LogP contribution in [0.2, 0.25) is 0 Å². The van der Waals surface area contributed by atoms with E-state index in [4.69, 9.17) is 4.74 Å². The van der Waals surface area contributed by atoms with Crippen LogP contribution in [-0.2, 0) is 14.3 Å². The van der Waals surface area contributed by atoms with Crippen LogP contribution in [0.5, 0.6) is 0 Å². The summed E-state index contributed by atoms with van der Waals surface area (Å²) in [7, 11) is 1.34. The lowest BCUT2D eigenvalue weighted by atomic mass is 10.1. The Morgan fingerprint density at radius 3 is 2.70 bits per heavy atom. The Kier molecular flexibility index (Phi) is 5.00. The highest BCUT2D eigenvalue weighted by Crippen LogP contribution is 2.18. The summed E-state index contributed by atoms with van der Waals surface area (Å²) in [5.41, 5.74) is 0.324. The Morgan fingerprint density at radius 2 is 2.15 bits per heavy atom. The molecule has 1 aliphatic rings. The number of hydrogen-bond acceptors (Lipinski definition) is 7. The third-order valence-corrected chi connectivity index (χ3v) is 3.21. The van der Waals surface area contributed by atoms with Crippen molar-refractivity contribution in [3.05, 3.63) is 18.1 Å². The molecule has 20 heavy (non-hydrogen) atoms. The highest BCUT2D eigenvalue weighted by molar-refractivity contribution is 5.71. The fourth-order valence-electron chi connectivity index (χ4n) is 2.05.